The minimum atomic E-state index is -0.864. The van der Waals surface area contributed by atoms with Crippen LogP contribution >= 0.6 is 0 Å². The quantitative estimate of drug-likeness (QED) is 0.571. The number of benzene rings is 2. The number of halogens is 2. The van der Waals surface area contributed by atoms with Gasteiger partial charge < -0.3 is 24.8 Å². The molecule has 0 aromatic heterocycles. The predicted octanol–water partition coefficient (Wildman–Crippen LogP) is 2.02. The molecule has 2 aromatic rings. The van der Waals surface area contributed by atoms with Crippen LogP contribution in [0.25, 0.3) is 11.6 Å². The molecule has 0 radical (unpaired) electrons. The van der Waals surface area contributed by atoms with Crippen molar-refractivity contribution in [1.29, 1.82) is 0 Å². The molecule has 0 N–H and O–H groups in total. The Balaban J connectivity index is 0.00000160. The van der Waals surface area contributed by atoms with Crippen LogP contribution < -0.4 is 24.8 Å². The summed E-state index contributed by atoms with van der Waals surface area (Å²) in [5.41, 5.74) is 12.5. The molecule has 2 aromatic carbocycles. The van der Waals surface area contributed by atoms with Crippen molar-refractivity contribution in [3.8, 4) is 0 Å². The summed E-state index contributed by atoms with van der Waals surface area (Å²) < 4.78 is 0.941. The third-order valence-corrected chi connectivity index (χ3v) is 12.2. The van der Waals surface area contributed by atoms with Crippen molar-refractivity contribution in [2.75, 3.05) is 0 Å². The van der Waals surface area contributed by atoms with E-state index in [0.717, 1.165) is 0 Å². The molecule has 2 aliphatic carbocycles. The Morgan fingerprint density at radius 1 is 0.867 bits per heavy atom. The molecule has 0 nitrogen and oxygen atoms in total. The molecule has 2 atom stereocenters. The standard InChI is InChI=1S/C15H11.C12H19.2ClH.Zr/c1-2-6-12(7-3-1)15-10-13-8-4-5-9-14(13)11-15;1-6-7-12-10(4)8(2)9(3)11(12)5;;;/h1-11H;6-7H2,1-5H3;2*1H;/q;;;;+2/p-2. The SMILES string of the molecule is CCCC1=C(C)C(C)=C(C)[C]1(C)[Zr+2][CH]1C(c2ccccc2)=Cc2ccccc21.[Cl-].[Cl-]. The van der Waals surface area contributed by atoms with Crippen LogP contribution in [0.15, 0.2) is 76.9 Å². The Labute approximate surface area is 206 Å². The van der Waals surface area contributed by atoms with Gasteiger partial charge in [-0.1, -0.05) is 0 Å². The first kappa shape index (κ1) is 25.4. The molecule has 0 saturated carbocycles. The monoisotopic (exact) mass is 514 g/mol. The van der Waals surface area contributed by atoms with Crippen LogP contribution in [0.5, 0.6) is 0 Å². The van der Waals surface area contributed by atoms with Crippen molar-refractivity contribution >= 4 is 11.6 Å². The largest absolute Gasteiger partial charge is 1.00 e. The van der Waals surface area contributed by atoms with Crippen molar-refractivity contribution in [2.24, 2.45) is 0 Å². The van der Waals surface area contributed by atoms with E-state index < -0.39 is 23.2 Å². The van der Waals surface area contributed by atoms with Gasteiger partial charge in [-0.25, -0.2) is 0 Å². The second kappa shape index (κ2) is 10.2. The Kier molecular flexibility index (Phi) is 8.60. The third kappa shape index (κ3) is 4.23. The van der Waals surface area contributed by atoms with E-state index in [4.69, 9.17) is 0 Å². The van der Waals surface area contributed by atoms with Crippen molar-refractivity contribution in [3.05, 3.63) is 93.6 Å². The number of hydrogen-bond donors (Lipinski definition) is 0. The molecule has 0 bridgehead atoms. The molecule has 4 rings (SSSR count). The zero-order valence-electron chi connectivity index (χ0n) is 18.5. The van der Waals surface area contributed by atoms with E-state index in [1.165, 1.54) is 24.0 Å². The van der Waals surface area contributed by atoms with E-state index in [0.29, 0.717) is 6.75 Å². The summed E-state index contributed by atoms with van der Waals surface area (Å²) in [6, 6.07) is 20.2. The molecular formula is C27H30Cl2Zr. The fourth-order valence-corrected chi connectivity index (χ4v) is 10.6. The zero-order chi connectivity index (χ0) is 19.9. The average molecular weight is 517 g/mol. The van der Waals surface area contributed by atoms with Crippen LogP contribution in [0.2, 0.25) is 3.12 Å². The summed E-state index contributed by atoms with van der Waals surface area (Å²) >= 11 is -0.864. The summed E-state index contributed by atoms with van der Waals surface area (Å²) in [7, 11) is 0. The summed E-state index contributed by atoms with van der Waals surface area (Å²) in [6.07, 6.45) is 4.96. The van der Waals surface area contributed by atoms with Crippen molar-refractivity contribution < 1.29 is 48.0 Å². The molecule has 2 unspecified atom stereocenters. The molecule has 2 aliphatic rings. The molecule has 3 heteroatoms. The Bertz CT molecular complexity index is 1000. The first-order valence-corrected chi connectivity index (χ1v) is 13.1. The van der Waals surface area contributed by atoms with E-state index in [-0.39, 0.29) is 24.8 Å². The number of fused-ring (bicyclic) bond motifs is 1. The predicted molar refractivity (Wildman–Crippen MR) is 118 cm³/mol. The first-order chi connectivity index (χ1) is 13.5. The van der Waals surface area contributed by atoms with Crippen LogP contribution in [0, 0.1) is 0 Å². The first-order valence-electron chi connectivity index (χ1n) is 10.5. The molecule has 0 spiro atoms. The van der Waals surface area contributed by atoms with Gasteiger partial charge in [0, 0.05) is 0 Å². The summed E-state index contributed by atoms with van der Waals surface area (Å²) in [5, 5.41) is 0. The summed E-state index contributed by atoms with van der Waals surface area (Å²) in [5.74, 6) is 0. The number of rotatable bonds is 5. The van der Waals surface area contributed by atoms with E-state index in [9.17, 15) is 0 Å². The van der Waals surface area contributed by atoms with Gasteiger partial charge in [0.15, 0.2) is 0 Å². The molecule has 0 saturated heterocycles. The summed E-state index contributed by atoms with van der Waals surface area (Å²) in [4.78, 5) is 0. The van der Waals surface area contributed by atoms with Gasteiger partial charge >= 0.3 is 183 Å². The van der Waals surface area contributed by atoms with Gasteiger partial charge in [0.2, 0.25) is 0 Å². The summed E-state index contributed by atoms with van der Waals surface area (Å²) in [6.45, 7) is 12.0. The fourth-order valence-electron chi connectivity index (χ4n) is 5.02. The van der Waals surface area contributed by atoms with Gasteiger partial charge in [0.25, 0.3) is 0 Å². The van der Waals surface area contributed by atoms with Crippen molar-refractivity contribution in [1.82, 2.24) is 0 Å². The van der Waals surface area contributed by atoms with Gasteiger partial charge in [-0.2, -0.15) is 0 Å². The van der Waals surface area contributed by atoms with Crippen LogP contribution in [-0.4, -0.2) is 0 Å². The van der Waals surface area contributed by atoms with Crippen LogP contribution in [-0.2, 0) is 23.2 Å². The second-order valence-corrected chi connectivity index (χ2v) is 13.0. The fraction of sp³-hybridized carbons (Fsp3) is 0.333. The van der Waals surface area contributed by atoms with Crippen molar-refractivity contribution in [2.45, 2.75) is 54.2 Å². The second-order valence-electron chi connectivity index (χ2n) is 8.40. The molecule has 156 valence electrons. The van der Waals surface area contributed by atoms with Crippen molar-refractivity contribution in [3.63, 3.8) is 0 Å². The minimum Gasteiger partial charge on any atom is -1.00 e. The van der Waals surface area contributed by atoms with E-state index in [1.807, 2.05) is 0 Å². The number of hydrogen-bond acceptors (Lipinski definition) is 0. The average Bonchev–Trinajstić information content (AvgIpc) is 3.15. The normalized spacial score (nSPS) is 22.2. The molecule has 0 amide bonds. The van der Waals surface area contributed by atoms with Crippen LogP contribution in [0.1, 0.15) is 67.8 Å². The Morgan fingerprint density at radius 3 is 2.17 bits per heavy atom. The van der Waals surface area contributed by atoms with Gasteiger partial charge in [-0.15, -0.1) is 0 Å². The maximum atomic E-state index is 2.57. The Hall–Kier alpha value is -0.877. The third-order valence-electron chi connectivity index (χ3n) is 6.90. The van der Waals surface area contributed by atoms with E-state index in [2.05, 4.69) is 95.3 Å². The molecule has 0 fully saturated rings. The smallest absolute Gasteiger partial charge is 1.00 e. The van der Waals surface area contributed by atoms with Gasteiger partial charge in [0.05, 0.1) is 0 Å². The minimum absolute atomic E-state index is 0. The molecule has 30 heavy (non-hydrogen) atoms. The van der Waals surface area contributed by atoms with Gasteiger partial charge in [0.1, 0.15) is 0 Å². The Morgan fingerprint density at radius 2 is 1.50 bits per heavy atom. The zero-order valence-corrected chi connectivity index (χ0v) is 22.5. The molecule has 0 heterocycles. The maximum absolute atomic E-state index is 2.57. The van der Waals surface area contributed by atoms with Gasteiger partial charge in [-0.3, -0.25) is 0 Å². The molecule has 0 aliphatic heterocycles. The topological polar surface area (TPSA) is 0 Å². The van der Waals surface area contributed by atoms with Gasteiger partial charge in [-0.05, 0) is 0 Å². The van der Waals surface area contributed by atoms with Crippen LogP contribution in [0.4, 0.5) is 0 Å². The number of allylic oxidation sites excluding steroid dienone is 5. The maximum Gasteiger partial charge on any atom is -1.00 e. The van der Waals surface area contributed by atoms with Crippen LogP contribution in [0.3, 0.4) is 0 Å². The van der Waals surface area contributed by atoms with E-state index in [1.54, 1.807) is 33.4 Å². The molecular weight excluding hydrogens is 486 g/mol. The van der Waals surface area contributed by atoms with E-state index >= 15 is 0 Å².